The highest BCUT2D eigenvalue weighted by Crippen LogP contribution is 2.22. The van der Waals surface area contributed by atoms with Crippen LogP contribution in [-0.2, 0) is 9.53 Å². The molecule has 9 heteroatoms. The van der Waals surface area contributed by atoms with Gasteiger partial charge in [0.25, 0.3) is 5.56 Å². The summed E-state index contributed by atoms with van der Waals surface area (Å²) in [6, 6.07) is 15.7. The molecule has 0 spiro atoms. The van der Waals surface area contributed by atoms with E-state index in [0.717, 1.165) is 5.56 Å². The number of hydrogen-bond acceptors (Lipinski definition) is 8. The smallest absolute Gasteiger partial charge is 0.313 e. The van der Waals surface area contributed by atoms with Gasteiger partial charge in [0.15, 0.2) is 11.6 Å². The molecule has 9 nitrogen and oxygen atoms in total. The van der Waals surface area contributed by atoms with Crippen LogP contribution in [0.25, 0.3) is 0 Å². The van der Waals surface area contributed by atoms with E-state index in [1.54, 1.807) is 43.3 Å². The number of aromatic nitrogens is 2. The third kappa shape index (κ3) is 4.46. The lowest BCUT2D eigenvalue weighted by Crippen LogP contribution is -2.40. The van der Waals surface area contributed by atoms with Crippen LogP contribution >= 0.6 is 0 Å². The van der Waals surface area contributed by atoms with Crippen molar-refractivity contribution in [2.75, 3.05) is 29.5 Å². The maximum Gasteiger partial charge on any atom is 0.313 e. The highest BCUT2D eigenvalue weighted by atomic mass is 16.5. The number of hydrogen-bond donors (Lipinski definition) is 4. The molecular formula is C23H23N5O4. The molecule has 0 aliphatic carbocycles. The first kappa shape index (κ1) is 21.1. The fourth-order valence-corrected chi connectivity index (χ4v) is 3.45. The molecule has 32 heavy (non-hydrogen) atoms. The lowest BCUT2D eigenvalue weighted by molar-refractivity contribution is -0.145. The average Bonchev–Trinajstić information content (AvgIpc) is 2.82. The van der Waals surface area contributed by atoms with Crippen LogP contribution < -0.4 is 21.9 Å². The maximum atomic E-state index is 12.5. The predicted molar refractivity (Wildman–Crippen MR) is 121 cm³/mol. The van der Waals surface area contributed by atoms with Gasteiger partial charge in [0.2, 0.25) is 5.95 Å². The third-order valence-corrected chi connectivity index (χ3v) is 5.29. The third-order valence-electron chi connectivity index (χ3n) is 5.29. The van der Waals surface area contributed by atoms with Crippen LogP contribution in [0.15, 0.2) is 59.4 Å². The highest BCUT2D eigenvalue weighted by molar-refractivity contribution is 6.09. The molecule has 0 amide bonds. The van der Waals surface area contributed by atoms with Gasteiger partial charge in [-0.2, -0.15) is 4.98 Å². The van der Waals surface area contributed by atoms with Crippen LogP contribution in [0.1, 0.15) is 34.3 Å². The number of nitrogens with one attached hydrogen (secondary N) is 3. The minimum absolute atomic E-state index is 0.0261. The summed E-state index contributed by atoms with van der Waals surface area (Å²) < 4.78 is 5.46. The number of ketones is 1. The second-order valence-electron chi connectivity index (χ2n) is 7.57. The Labute approximate surface area is 184 Å². The van der Waals surface area contributed by atoms with E-state index < -0.39 is 17.4 Å². The molecule has 3 aromatic rings. The Morgan fingerprint density at radius 3 is 2.53 bits per heavy atom. The van der Waals surface area contributed by atoms with Crippen molar-refractivity contribution in [2.45, 2.75) is 18.9 Å². The number of carbonyl (C=O) groups excluding carboxylic acids is 2. The first-order chi connectivity index (χ1) is 15.4. The lowest BCUT2D eigenvalue weighted by atomic mass is 9.97. The molecule has 1 aliphatic rings. The van der Waals surface area contributed by atoms with Crippen LogP contribution in [0.5, 0.6) is 0 Å². The van der Waals surface area contributed by atoms with Gasteiger partial charge >= 0.3 is 5.97 Å². The normalized spacial score (nSPS) is 15.6. The zero-order valence-corrected chi connectivity index (χ0v) is 17.4. The summed E-state index contributed by atoms with van der Waals surface area (Å²) in [7, 11) is 0. The summed E-state index contributed by atoms with van der Waals surface area (Å²) in [6.07, 6.45) is 0. The molecule has 1 aromatic heterocycles. The van der Waals surface area contributed by atoms with Crippen LogP contribution in [0, 0.1) is 0 Å². The molecule has 0 radical (unpaired) electrons. The SMILES string of the molecule is CC(C(=O)OCC1CNc2nc(N)[nH]c(=O)c2N1)c1ccc(C(=O)c2ccccc2)cc1. The minimum Gasteiger partial charge on any atom is -0.463 e. The Morgan fingerprint density at radius 2 is 1.81 bits per heavy atom. The largest absolute Gasteiger partial charge is 0.463 e. The van der Waals surface area contributed by atoms with E-state index >= 15 is 0 Å². The van der Waals surface area contributed by atoms with Crippen molar-refractivity contribution in [2.24, 2.45) is 0 Å². The number of benzene rings is 2. The van der Waals surface area contributed by atoms with Crippen LogP contribution in [0.4, 0.5) is 17.5 Å². The van der Waals surface area contributed by atoms with Gasteiger partial charge in [-0.3, -0.25) is 19.4 Å². The van der Waals surface area contributed by atoms with Gasteiger partial charge < -0.3 is 21.1 Å². The average molecular weight is 433 g/mol. The van der Waals surface area contributed by atoms with E-state index in [1.807, 2.05) is 18.2 Å². The number of anilines is 3. The van der Waals surface area contributed by atoms with Crippen molar-refractivity contribution < 1.29 is 14.3 Å². The van der Waals surface area contributed by atoms with Gasteiger partial charge in [-0.25, -0.2) is 0 Å². The number of ether oxygens (including phenoxy) is 1. The molecule has 2 aromatic carbocycles. The lowest BCUT2D eigenvalue weighted by Gasteiger charge is -2.26. The number of fused-ring (bicyclic) bond motifs is 1. The van der Waals surface area contributed by atoms with Crippen molar-refractivity contribution in [3.8, 4) is 0 Å². The topological polar surface area (TPSA) is 139 Å². The summed E-state index contributed by atoms with van der Waals surface area (Å²) in [5.74, 6) is -0.589. The number of carbonyl (C=O) groups is 2. The van der Waals surface area contributed by atoms with E-state index in [4.69, 9.17) is 10.5 Å². The zero-order valence-electron chi connectivity index (χ0n) is 17.4. The van der Waals surface area contributed by atoms with E-state index in [9.17, 15) is 14.4 Å². The molecule has 2 heterocycles. The number of nitrogen functional groups attached to an aromatic ring is 1. The fourth-order valence-electron chi connectivity index (χ4n) is 3.45. The standard InChI is InChI=1S/C23H23N5O4/c1-13(14-7-9-16(10-8-14)19(29)15-5-3-2-4-6-15)22(31)32-12-17-11-25-20-18(26-17)21(30)28-23(24)27-20/h2-10,13,17,26H,11-12H2,1H3,(H4,24,25,27,28,30). The van der Waals surface area contributed by atoms with Crippen LogP contribution in [0.3, 0.4) is 0 Å². The number of H-pyrrole nitrogens is 1. The van der Waals surface area contributed by atoms with Gasteiger partial charge in [-0.15, -0.1) is 0 Å². The molecule has 0 bridgehead atoms. The summed E-state index contributed by atoms with van der Waals surface area (Å²) in [4.78, 5) is 43.5. The first-order valence-corrected chi connectivity index (χ1v) is 10.2. The number of rotatable bonds is 6. The van der Waals surface area contributed by atoms with E-state index in [-0.39, 0.29) is 30.1 Å². The summed E-state index contributed by atoms with van der Waals surface area (Å²) in [5, 5.41) is 6.04. The van der Waals surface area contributed by atoms with Crippen molar-refractivity contribution in [3.05, 3.63) is 81.6 Å². The van der Waals surface area contributed by atoms with Gasteiger partial charge in [0.05, 0.1) is 12.0 Å². The van der Waals surface area contributed by atoms with E-state index in [1.165, 1.54) is 0 Å². The van der Waals surface area contributed by atoms with Crippen molar-refractivity contribution in [1.29, 1.82) is 0 Å². The summed E-state index contributed by atoms with van der Waals surface area (Å²) in [6.45, 7) is 2.24. The predicted octanol–water partition coefficient (Wildman–Crippen LogP) is 2.14. The number of esters is 1. The van der Waals surface area contributed by atoms with Gasteiger partial charge in [0.1, 0.15) is 12.3 Å². The second kappa shape index (κ2) is 8.93. The fraction of sp³-hybridized carbons (Fsp3) is 0.217. The van der Waals surface area contributed by atoms with Crippen molar-refractivity contribution in [3.63, 3.8) is 0 Å². The molecule has 2 atom stereocenters. The summed E-state index contributed by atoms with van der Waals surface area (Å²) in [5.41, 5.74) is 7.31. The van der Waals surface area contributed by atoms with Crippen molar-refractivity contribution in [1.82, 2.24) is 9.97 Å². The van der Waals surface area contributed by atoms with E-state index in [0.29, 0.717) is 23.5 Å². The van der Waals surface area contributed by atoms with Crippen LogP contribution in [0.2, 0.25) is 0 Å². The number of nitrogens with two attached hydrogens (primary N) is 1. The van der Waals surface area contributed by atoms with Gasteiger partial charge in [-0.05, 0) is 12.5 Å². The Hall–Kier alpha value is -4.14. The second-order valence-corrected chi connectivity index (χ2v) is 7.57. The Balaban J connectivity index is 1.35. The quantitative estimate of drug-likeness (QED) is 0.342. The maximum absolute atomic E-state index is 12.5. The molecule has 164 valence electrons. The Kier molecular flexibility index (Phi) is 5.89. The Bertz CT molecular complexity index is 1190. The van der Waals surface area contributed by atoms with Crippen molar-refractivity contribution >= 4 is 29.2 Å². The van der Waals surface area contributed by atoms with Gasteiger partial charge in [0, 0.05) is 17.7 Å². The highest BCUT2D eigenvalue weighted by Gasteiger charge is 2.24. The summed E-state index contributed by atoms with van der Waals surface area (Å²) >= 11 is 0. The van der Waals surface area contributed by atoms with Gasteiger partial charge in [-0.1, -0.05) is 54.6 Å². The molecule has 1 aliphatic heterocycles. The molecule has 2 unspecified atom stereocenters. The first-order valence-electron chi connectivity index (χ1n) is 10.2. The van der Waals surface area contributed by atoms with E-state index in [2.05, 4.69) is 20.6 Å². The molecule has 4 rings (SSSR count). The van der Waals surface area contributed by atoms with Crippen LogP contribution in [-0.4, -0.2) is 40.9 Å². The monoisotopic (exact) mass is 433 g/mol. The number of nitrogens with zero attached hydrogens (tertiary/aromatic N) is 1. The molecule has 0 fully saturated rings. The molecule has 0 saturated carbocycles. The molecular weight excluding hydrogens is 410 g/mol. The Morgan fingerprint density at radius 1 is 1.12 bits per heavy atom. The molecule has 5 N–H and O–H groups in total. The number of aromatic amines is 1. The zero-order chi connectivity index (χ0) is 22.7. The molecule has 0 saturated heterocycles. The minimum atomic E-state index is -0.510.